The third kappa shape index (κ3) is 12.8. The maximum Gasteiger partial charge on any atom is 0.323 e. The number of aromatic hydroxyl groups is 1. The van der Waals surface area contributed by atoms with E-state index in [1.807, 2.05) is 13.8 Å². The second-order valence-electron chi connectivity index (χ2n) is 24.8. The highest BCUT2D eigenvalue weighted by Gasteiger charge is 2.66. The largest absolute Gasteiger partial charge is 0.508 e. The zero-order valence-corrected chi connectivity index (χ0v) is 50.3. The number of phenols is 1. The number of aliphatic hydroxyl groups excluding tert-OH is 2. The number of ketones is 4. The van der Waals surface area contributed by atoms with Gasteiger partial charge in [-0.1, -0.05) is 0 Å². The molecule has 0 aromatic heterocycles. The van der Waals surface area contributed by atoms with Gasteiger partial charge in [0.05, 0.1) is 85.4 Å². The molecule has 21 atom stereocenters. The van der Waals surface area contributed by atoms with Crippen molar-refractivity contribution < 1.29 is 120 Å². The highest BCUT2D eigenvalue weighted by atomic mass is 16.8. The van der Waals surface area contributed by atoms with Gasteiger partial charge in [0.25, 0.3) is 5.91 Å². The number of aliphatic hydroxyl groups is 2. The Bertz CT molecular complexity index is 2910. The van der Waals surface area contributed by atoms with Gasteiger partial charge in [-0.3, -0.25) is 33.6 Å². The Morgan fingerprint density at radius 3 is 1.49 bits per heavy atom. The molecule has 6 N–H and O–H groups in total. The summed E-state index contributed by atoms with van der Waals surface area (Å²) in [7, 11) is 1.20. The number of benzene rings is 1. The monoisotopic (exact) mass is 1230 g/mol. The highest BCUT2D eigenvalue weighted by Crippen LogP contribution is 2.52. The van der Waals surface area contributed by atoms with Crippen molar-refractivity contribution in [3.05, 3.63) is 51.5 Å². The van der Waals surface area contributed by atoms with Crippen molar-refractivity contribution in [3.8, 4) is 5.75 Å². The van der Waals surface area contributed by atoms with Gasteiger partial charge in [0.1, 0.15) is 29.3 Å². The number of hydrogen-bond acceptors (Lipinski definition) is 24. The van der Waals surface area contributed by atoms with E-state index in [1.54, 1.807) is 27.7 Å². The summed E-state index contributed by atoms with van der Waals surface area (Å²) in [5, 5.41) is 43.9. The Labute approximate surface area is 502 Å². The maximum atomic E-state index is 15.6. The van der Waals surface area contributed by atoms with Crippen molar-refractivity contribution in [2.45, 2.75) is 262 Å². The molecule has 0 bridgehead atoms. The summed E-state index contributed by atoms with van der Waals surface area (Å²) in [6, 6.07) is 1.25. The van der Waals surface area contributed by atoms with Crippen LogP contribution in [0.3, 0.4) is 0 Å². The molecule has 10 rings (SSSR count). The first kappa shape index (κ1) is 64.6. The van der Waals surface area contributed by atoms with Crippen molar-refractivity contribution in [3.63, 3.8) is 0 Å². The molecule has 1 aromatic carbocycles. The van der Waals surface area contributed by atoms with Gasteiger partial charge >= 0.3 is 11.9 Å². The fraction of sp³-hybridized carbons (Fsp3) is 0.721. The van der Waals surface area contributed by atoms with Crippen LogP contribution in [0.5, 0.6) is 5.75 Å². The van der Waals surface area contributed by atoms with Crippen molar-refractivity contribution in [1.29, 1.82) is 0 Å². The summed E-state index contributed by atoms with van der Waals surface area (Å²) >= 11 is 0. The zero-order valence-electron chi connectivity index (χ0n) is 50.3. The molecule has 6 fully saturated rings. The van der Waals surface area contributed by atoms with Gasteiger partial charge in [-0.15, -0.1) is 0 Å². The fourth-order valence-corrected chi connectivity index (χ4v) is 13.2. The van der Waals surface area contributed by atoms with Gasteiger partial charge in [0, 0.05) is 56.1 Å². The van der Waals surface area contributed by atoms with Crippen LogP contribution in [0.4, 0.5) is 0 Å². The number of carbonyl (C=O) groups is 7. The molecule has 0 spiro atoms. The van der Waals surface area contributed by atoms with E-state index in [1.165, 1.54) is 27.0 Å². The summed E-state index contributed by atoms with van der Waals surface area (Å²) in [5.41, 5.74) is -0.840. The number of carboxylic acids is 1. The summed E-state index contributed by atoms with van der Waals surface area (Å²) in [5.74, 6) is -11.3. The van der Waals surface area contributed by atoms with E-state index < -0.39 is 191 Å². The second kappa shape index (κ2) is 25.9. The average molecular weight is 1230 g/mol. The van der Waals surface area contributed by atoms with Gasteiger partial charge in [0.15, 0.2) is 60.3 Å². The standard InChI is InChI=1S/C61H81NO25/c1-25-34(63)10-16-42(75-25)81-39-15-21-47(80-29(39)5)87-61-33(23-31-22-32-49(52(66)48(31)55(61)68)35(64)24-41(74-9)51(32)65)54(53(67)50(56(61)69)57(62)70)86-46-20-13-38(28(4)79-46)84-44-18-11-36(26(2)77-44)82-43-17-12-37(27(3)76-43)83-45-19-14-40(30(6)78-45)85-59(73)60(7,8)58(71)72/h22,24-30,33-34,36-40,42-47,54,63,66,69H,10-21,23H2,1-9H3,(H2,62,70)(H,71,72)/t25-,26+,27+,28-,29-,30+,33-,34+,36+,37+,38+,39+,40+,42+,43-,44-,45-,46+,47+,54-,61-/m1/s1. The van der Waals surface area contributed by atoms with E-state index in [4.69, 9.17) is 72.0 Å². The van der Waals surface area contributed by atoms with Crippen LogP contribution in [0.2, 0.25) is 0 Å². The average Bonchev–Trinajstić information content (AvgIpc) is 0.710. The minimum atomic E-state index is -2.73. The summed E-state index contributed by atoms with van der Waals surface area (Å²) in [6.07, 6.45) is -7.65. The number of allylic oxidation sites excluding steroid dienone is 2. The lowest BCUT2D eigenvalue weighted by atomic mass is 9.62. The molecule has 480 valence electrons. The number of methoxy groups -OCH3 is 1. The Kier molecular flexibility index (Phi) is 19.2. The summed E-state index contributed by atoms with van der Waals surface area (Å²) in [4.78, 5) is 95.0. The van der Waals surface area contributed by atoms with E-state index in [0.717, 1.165) is 6.08 Å². The number of fused-ring (bicyclic) bond motifs is 3. The van der Waals surface area contributed by atoms with Crippen LogP contribution in [0.1, 0.15) is 169 Å². The van der Waals surface area contributed by atoms with Crippen LogP contribution in [-0.2, 0) is 91.9 Å². The van der Waals surface area contributed by atoms with E-state index in [-0.39, 0.29) is 54.5 Å². The van der Waals surface area contributed by atoms with Crippen LogP contribution in [0, 0.1) is 11.3 Å². The number of Topliss-reactive ketones (excluding diaryl/α,β-unsaturated/α-hetero) is 3. The topological polar surface area (TPSA) is 356 Å². The molecule has 87 heavy (non-hydrogen) atoms. The van der Waals surface area contributed by atoms with E-state index in [0.29, 0.717) is 57.8 Å². The first-order valence-electron chi connectivity index (χ1n) is 30.3. The van der Waals surface area contributed by atoms with Crippen molar-refractivity contribution in [1.82, 2.24) is 0 Å². The van der Waals surface area contributed by atoms with E-state index >= 15 is 4.79 Å². The predicted molar refractivity (Wildman–Crippen MR) is 294 cm³/mol. The molecular formula is C61H81NO25. The third-order valence-corrected chi connectivity index (χ3v) is 18.5. The minimum Gasteiger partial charge on any atom is -0.508 e. The lowest BCUT2D eigenvalue weighted by molar-refractivity contribution is -0.316. The number of hydrogen-bond donors (Lipinski definition) is 5. The Morgan fingerprint density at radius 1 is 0.609 bits per heavy atom. The molecule has 0 radical (unpaired) electrons. The number of ether oxygens (including phenoxy) is 14. The zero-order chi connectivity index (χ0) is 62.7. The van der Waals surface area contributed by atoms with Crippen LogP contribution < -0.4 is 5.73 Å². The fourth-order valence-electron chi connectivity index (χ4n) is 13.2. The molecule has 1 amide bonds. The SMILES string of the molecule is COC1=CC(=O)c2c(cc3c(c2O)C(=O)[C@@]2(O[C@H]4CC[C@H](O[C@H]5CC[C@H](O)[C@@H](C)O5)[C@@H](C)O4)C(O)=C(C(N)=O)C(=O)[C@H](O[C@H]4CC[C@H](O[C@@H]5CC[C@H](O[C@@H]6CC[C@H](O[C@@H]7CC[C@H](OC(=O)C(C)(C)C(=O)O)[C@H](C)O7)[C@H](C)O6)[C@H](C)O5)[C@@H](C)O4)[C@H]2C3)C1=O. The van der Waals surface area contributed by atoms with Gasteiger partial charge in [-0.05, 0) is 112 Å². The van der Waals surface area contributed by atoms with Gasteiger partial charge in [-0.2, -0.15) is 0 Å². The molecule has 0 saturated carbocycles. The highest BCUT2D eigenvalue weighted by molar-refractivity contribution is 6.28. The van der Waals surface area contributed by atoms with Crippen molar-refractivity contribution >= 4 is 41.0 Å². The molecule has 26 nitrogen and oxygen atoms in total. The molecule has 9 aliphatic rings. The Hall–Kier alpha value is -5.33. The van der Waals surface area contributed by atoms with Gasteiger partial charge in [0.2, 0.25) is 17.3 Å². The molecule has 26 heteroatoms. The third-order valence-electron chi connectivity index (χ3n) is 18.5. The number of carboxylic acid groups (broad SMARTS) is 1. The number of amides is 1. The van der Waals surface area contributed by atoms with E-state index in [2.05, 4.69) is 0 Å². The summed E-state index contributed by atoms with van der Waals surface area (Å²) in [6.45, 7) is 13.3. The quantitative estimate of drug-likeness (QED) is 0.0798. The molecule has 1 aromatic rings. The molecule has 0 unspecified atom stereocenters. The van der Waals surface area contributed by atoms with Crippen LogP contribution >= 0.6 is 0 Å². The first-order valence-corrected chi connectivity index (χ1v) is 30.3. The lowest BCUT2D eigenvalue weighted by Crippen LogP contribution is -2.65. The van der Waals surface area contributed by atoms with E-state index in [9.17, 15) is 49.2 Å². The van der Waals surface area contributed by atoms with Crippen LogP contribution in [0.25, 0.3) is 0 Å². The molecule has 6 heterocycles. The minimum absolute atomic E-state index is 0.000350. The maximum absolute atomic E-state index is 15.6. The number of phenolic OH excluding ortho intramolecular Hbond substituents is 1. The van der Waals surface area contributed by atoms with Crippen LogP contribution in [0.15, 0.2) is 29.2 Å². The molecule has 6 aliphatic heterocycles. The smallest absolute Gasteiger partial charge is 0.323 e. The number of rotatable bonds is 17. The number of primary amides is 1. The molecule has 6 saturated heterocycles. The summed E-state index contributed by atoms with van der Waals surface area (Å²) < 4.78 is 86.7. The van der Waals surface area contributed by atoms with Gasteiger partial charge in [-0.25, -0.2) is 0 Å². The first-order chi connectivity index (χ1) is 41.2. The molecular weight excluding hydrogens is 1150 g/mol. The van der Waals surface area contributed by atoms with Crippen molar-refractivity contribution in [2.24, 2.45) is 17.1 Å². The Morgan fingerprint density at radius 2 is 1.05 bits per heavy atom. The van der Waals surface area contributed by atoms with Gasteiger partial charge < -0.3 is 92.5 Å². The van der Waals surface area contributed by atoms with Crippen LogP contribution in [-0.4, -0.2) is 191 Å². The molecule has 3 aliphatic carbocycles. The number of aliphatic carboxylic acids is 1. The lowest BCUT2D eigenvalue weighted by Gasteiger charge is -2.50. The van der Waals surface area contributed by atoms with Crippen molar-refractivity contribution in [2.75, 3.05) is 7.11 Å². The number of nitrogens with two attached hydrogens (primary N) is 1. The number of esters is 1. The Balaban J connectivity index is 0.781. The second-order valence-corrected chi connectivity index (χ2v) is 24.8. The normalized spacial score (nSPS) is 39.3. The number of carbonyl (C=O) groups excluding carboxylic acids is 6. The predicted octanol–water partition coefficient (Wildman–Crippen LogP) is 4.75.